The molecule has 0 spiro atoms. The van der Waals surface area contributed by atoms with Gasteiger partial charge < -0.3 is 5.11 Å². The zero-order chi connectivity index (χ0) is 11.0. The number of rotatable bonds is 1. The van der Waals surface area contributed by atoms with Gasteiger partial charge in [-0.2, -0.15) is 0 Å². The van der Waals surface area contributed by atoms with E-state index in [1.807, 2.05) is 0 Å². The molecular weight excluding hydrogens is 220 g/mol. The molecule has 1 N–H and O–H groups in total. The summed E-state index contributed by atoms with van der Waals surface area (Å²) >= 11 is 5.64. The molecule has 0 amide bonds. The van der Waals surface area contributed by atoms with Crippen LogP contribution in [0.3, 0.4) is 0 Å². The van der Waals surface area contributed by atoms with E-state index in [2.05, 4.69) is 4.98 Å². The van der Waals surface area contributed by atoms with Gasteiger partial charge in [0.2, 0.25) is 0 Å². The molecular formula is C9H5ClN2O3. The monoisotopic (exact) mass is 224 g/mol. The van der Waals surface area contributed by atoms with Crippen LogP contribution in [0.1, 0.15) is 0 Å². The molecule has 76 valence electrons. The number of nitro benzene ring substituents is 1. The number of aromatic nitrogens is 1. The fourth-order valence-electron chi connectivity index (χ4n) is 1.32. The van der Waals surface area contributed by atoms with Gasteiger partial charge in [0.1, 0.15) is 16.4 Å². The minimum Gasteiger partial charge on any atom is -0.508 e. The van der Waals surface area contributed by atoms with Gasteiger partial charge in [-0.05, 0) is 18.2 Å². The number of pyridine rings is 1. The lowest BCUT2D eigenvalue weighted by Gasteiger charge is -2.00. The number of nitro groups is 1. The van der Waals surface area contributed by atoms with Crippen LogP contribution in [0.5, 0.6) is 5.75 Å². The van der Waals surface area contributed by atoms with Gasteiger partial charge in [-0.15, -0.1) is 0 Å². The van der Waals surface area contributed by atoms with E-state index in [4.69, 9.17) is 11.6 Å². The van der Waals surface area contributed by atoms with E-state index >= 15 is 0 Å². The molecule has 0 aliphatic rings. The number of halogens is 1. The number of benzene rings is 1. The van der Waals surface area contributed by atoms with Crippen molar-refractivity contribution in [1.29, 1.82) is 0 Å². The summed E-state index contributed by atoms with van der Waals surface area (Å²) in [5.41, 5.74) is -0.0854. The van der Waals surface area contributed by atoms with Crippen molar-refractivity contribution in [3.8, 4) is 5.75 Å². The highest BCUT2D eigenvalue weighted by atomic mass is 35.5. The lowest BCUT2D eigenvalue weighted by molar-refractivity contribution is -0.383. The number of nitrogens with zero attached hydrogens (tertiary/aromatic N) is 2. The van der Waals surface area contributed by atoms with E-state index < -0.39 is 4.92 Å². The van der Waals surface area contributed by atoms with Crippen LogP contribution in [0.2, 0.25) is 5.15 Å². The number of hydrogen-bond donors (Lipinski definition) is 1. The molecule has 5 nitrogen and oxygen atoms in total. The van der Waals surface area contributed by atoms with Gasteiger partial charge in [-0.25, -0.2) is 4.98 Å². The van der Waals surface area contributed by atoms with E-state index in [0.717, 1.165) is 6.07 Å². The molecule has 1 aromatic heterocycles. The summed E-state index contributed by atoms with van der Waals surface area (Å²) in [4.78, 5) is 13.9. The van der Waals surface area contributed by atoms with Gasteiger partial charge >= 0.3 is 0 Å². The Morgan fingerprint density at radius 2 is 2.13 bits per heavy atom. The Hall–Kier alpha value is -1.88. The molecule has 0 fully saturated rings. The zero-order valence-corrected chi connectivity index (χ0v) is 8.10. The minimum absolute atomic E-state index is 0.168. The van der Waals surface area contributed by atoms with Crippen molar-refractivity contribution in [3.63, 3.8) is 0 Å². The maximum atomic E-state index is 10.7. The van der Waals surface area contributed by atoms with E-state index in [1.165, 1.54) is 12.1 Å². The molecule has 6 heteroatoms. The van der Waals surface area contributed by atoms with Gasteiger partial charge in [-0.1, -0.05) is 11.6 Å². The highest BCUT2D eigenvalue weighted by Gasteiger charge is 2.15. The standard InChI is InChI=1S/C9H5ClN2O3/c10-8-2-1-5-3-6(13)4-7(12(14)15)9(5)11-8/h1-4,13H. The summed E-state index contributed by atoms with van der Waals surface area (Å²) < 4.78 is 0. The van der Waals surface area contributed by atoms with Crippen molar-refractivity contribution < 1.29 is 10.0 Å². The van der Waals surface area contributed by atoms with Crippen molar-refractivity contribution >= 4 is 28.2 Å². The molecule has 0 saturated heterocycles. The highest BCUT2D eigenvalue weighted by molar-refractivity contribution is 6.29. The van der Waals surface area contributed by atoms with Gasteiger partial charge in [0, 0.05) is 5.39 Å². The van der Waals surface area contributed by atoms with Crippen LogP contribution in [0.4, 0.5) is 5.69 Å². The van der Waals surface area contributed by atoms with Crippen LogP contribution in [0.15, 0.2) is 24.3 Å². The van der Waals surface area contributed by atoms with Crippen molar-refractivity contribution in [2.24, 2.45) is 0 Å². The molecule has 0 saturated carbocycles. The van der Waals surface area contributed by atoms with Crippen molar-refractivity contribution in [2.45, 2.75) is 0 Å². The van der Waals surface area contributed by atoms with Crippen molar-refractivity contribution in [3.05, 3.63) is 39.5 Å². The topological polar surface area (TPSA) is 76.3 Å². The summed E-state index contributed by atoms with van der Waals surface area (Å²) in [6.45, 7) is 0. The second-order valence-electron chi connectivity index (χ2n) is 2.93. The van der Waals surface area contributed by atoms with Crippen LogP contribution in [0.25, 0.3) is 10.9 Å². The first kappa shape index (κ1) is 9.67. The molecule has 1 aromatic carbocycles. The molecule has 0 bridgehead atoms. The molecule has 0 atom stereocenters. The summed E-state index contributed by atoms with van der Waals surface area (Å²) in [7, 11) is 0. The molecule has 0 aliphatic carbocycles. The predicted octanol–water partition coefficient (Wildman–Crippen LogP) is 2.50. The SMILES string of the molecule is O=[N+]([O-])c1cc(O)cc2ccc(Cl)nc12. The fourth-order valence-corrected chi connectivity index (χ4v) is 1.46. The first-order valence-corrected chi connectivity index (χ1v) is 4.39. The average molecular weight is 225 g/mol. The zero-order valence-electron chi connectivity index (χ0n) is 7.35. The Labute approximate surface area is 89.1 Å². The third-order valence-electron chi connectivity index (χ3n) is 1.92. The van der Waals surface area contributed by atoms with Crippen molar-refractivity contribution in [2.75, 3.05) is 0 Å². The van der Waals surface area contributed by atoms with E-state index in [9.17, 15) is 15.2 Å². The van der Waals surface area contributed by atoms with E-state index in [-0.39, 0.29) is 22.1 Å². The van der Waals surface area contributed by atoms with Gasteiger partial charge in [0.05, 0.1) is 11.0 Å². The summed E-state index contributed by atoms with van der Waals surface area (Å²) in [5.74, 6) is -0.168. The third-order valence-corrected chi connectivity index (χ3v) is 2.13. The summed E-state index contributed by atoms with van der Waals surface area (Å²) in [6.07, 6.45) is 0. The van der Waals surface area contributed by atoms with Crippen LogP contribution in [0, 0.1) is 10.1 Å². The molecule has 15 heavy (non-hydrogen) atoms. The minimum atomic E-state index is -0.606. The quantitative estimate of drug-likeness (QED) is 0.459. The predicted molar refractivity (Wildman–Crippen MR) is 55.1 cm³/mol. The molecule has 0 unspecified atom stereocenters. The van der Waals surface area contributed by atoms with Gasteiger partial charge in [0.15, 0.2) is 0 Å². The van der Waals surface area contributed by atoms with E-state index in [1.54, 1.807) is 6.07 Å². The highest BCUT2D eigenvalue weighted by Crippen LogP contribution is 2.29. The third kappa shape index (κ3) is 1.69. The Bertz CT molecular complexity index is 556. The maximum Gasteiger partial charge on any atom is 0.299 e. The first-order valence-electron chi connectivity index (χ1n) is 4.01. The maximum absolute atomic E-state index is 10.7. The average Bonchev–Trinajstić information content (AvgIpc) is 2.17. The summed E-state index contributed by atoms with van der Waals surface area (Å²) in [5, 5.41) is 20.6. The molecule has 2 aromatic rings. The van der Waals surface area contributed by atoms with Crippen LogP contribution >= 0.6 is 11.6 Å². The summed E-state index contributed by atoms with van der Waals surface area (Å²) in [6, 6.07) is 5.52. The Kier molecular flexibility index (Phi) is 2.17. The number of aromatic hydroxyl groups is 1. The number of hydrogen-bond acceptors (Lipinski definition) is 4. The molecule has 0 radical (unpaired) electrons. The molecule has 2 rings (SSSR count). The Balaban J connectivity index is 2.87. The van der Waals surface area contributed by atoms with Crippen LogP contribution in [-0.2, 0) is 0 Å². The smallest absolute Gasteiger partial charge is 0.299 e. The number of non-ortho nitro benzene ring substituents is 1. The van der Waals surface area contributed by atoms with Gasteiger partial charge in [0.25, 0.3) is 5.69 Å². The fraction of sp³-hybridized carbons (Fsp3) is 0. The number of fused-ring (bicyclic) bond motifs is 1. The first-order chi connectivity index (χ1) is 7.08. The molecule has 0 aliphatic heterocycles. The van der Waals surface area contributed by atoms with Crippen LogP contribution in [-0.4, -0.2) is 15.0 Å². The Morgan fingerprint density at radius 3 is 2.80 bits per heavy atom. The Morgan fingerprint density at radius 1 is 1.40 bits per heavy atom. The lowest BCUT2D eigenvalue weighted by atomic mass is 10.2. The van der Waals surface area contributed by atoms with Crippen molar-refractivity contribution in [1.82, 2.24) is 4.98 Å². The normalized spacial score (nSPS) is 10.5. The molecule has 1 heterocycles. The number of phenols is 1. The van der Waals surface area contributed by atoms with Crippen LogP contribution < -0.4 is 0 Å². The largest absolute Gasteiger partial charge is 0.508 e. The van der Waals surface area contributed by atoms with Gasteiger partial charge in [-0.3, -0.25) is 10.1 Å². The second kappa shape index (κ2) is 3.36. The lowest BCUT2D eigenvalue weighted by Crippen LogP contribution is -1.91. The number of phenolic OH excluding ortho intramolecular Hbond substituents is 1. The second-order valence-corrected chi connectivity index (χ2v) is 3.31. The van der Waals surface area contributed by atoms with E-state index in [0.29, 0.717) is 5.39 Å².